The molecule has 0 fully saturated rings. The maximum Gasteiger partial charge on any atom is 0.270 e. The number of hydrazine groups is 1. The third kappa shape index (κ3) is 5.62. The summed E-state index contributed by atoms with van der Waals surface area (Å²) in [7, 11) is 0. The Hall–Kier alpha value is -2.74. The van der Waals surface area contributed by atoms with Crippen molar-refractivity contribution in [2.45, 2.75) is 19.9 Å². The SMILES string of the molecule is CC(C)C(NC(=O)c1ccc(F)cc1)C(=O)NNC(=O)c1ccccc1Br. The number of nitrogens with one attached hydrogen (secondary N) is 3. The number of rotatable bonds is 5. The summed E-state index contributed by atoms with van der Waals surface area (Å²) in [6.45, 7) is 3.51. The molecule has 0 aliphatic heterocycles. The van der Waals surface area contributed by atoms with E-state index in [0.717, 1.165) is 12.1 Å². The van der Waals surface area contributed by atoms with Crippen molar-refractivity contribution in [3.63, 3.8) is 0 Å². The Morgan fingerprint density at radius 3 is 2.15 bits per heavy atom. The lowest BCUT2D eigenvalue weighted by Crippen LogP contribution is -2.54. The molecule has 1 unspecified atom stereocenters. The van der Waals surface area contributed by atoms with Crippen molar-refractivity contribution in [1.29, 1.82) is 0 Å². The Morgan fingerprint density at radius 2 is 1.56 bits per heavy atom. The second-order valence-electron chi connectivity index (χ2n) is 6.13. The van der Waals surface area contributed by atoms with Gasteiger partial charge in [0.25, 0.3) is 17.7 Å². The summed E-state index contributed by atoms with van der Waals surface area (Å²) in [6, 6.07) is 10.9. The first kappa shape index (κ1) is 20.6. The number of hydrogen-bond donors (Lipinski definition) is 3. The lowest BCUT2D eigenvalue weighted by atomic mass is 10.0. The second-order valence-corrected chi connectivity index (χ2v) is 6.98. The van der Waals surface area contributed by atoms with Gasteiger partial charge in [-0.05, 0) is 58.2 Å². The van der Waals surface area contributed by atoms with Gasteiger partial charge in [-0.1, -0.05) is 26.0 Å². The molecule has 3 N–H and O–H groups in total. The number of carbonyl (C=O) groups excluding carboxylic acids is 3. The Morgan fingerprint density at radius 1 is 0.926 bits per heavy atom. The molecular formula is C19H19BrFN3O3. The predicted octanol–water partition coefficient (Wildman–Crippen LogP) is 2.80. The van der Waals surface area contributed by atoms with Gasteiger partial charge < -0.3 is 5.32 Å². The molecule has 6 nitrogen and oxygen atoms in total. The van der Waals surface area contributed by atoms with E-state index in [2.05, 4.69) is 32.1 Å². The Labute approximate surface area is 164 Å². The van der Waals surface area contributed by atoms with Crippen LogP contribution in [0.2, 0.25) is 0 Å². The second kappa shape index (κ2) is 9.27. The van der Waals surface area contributed by atoms with Crippen molar-refractivity contribution in [2.24, 2.45) is 5.92 Å². The van der Waals surface area contributed by atoms with E-state index in [1.165, 1.54) is 12.1 Å². The lowest BCUT2D eigenvalue weighted by Gasteiger charge is -2.22. The first-order valence-electron chi connectivity index (χ1n) is 8.20. The van der Waals surface area contributed by atoms with Crippen LogP contribution in [0.15, 0.2) is 53.0 Å². The maximum atomic E-state index is 13.0. The van der Waals surface area contributed by atoms with Crippen molar-refractivity contribution in [3.05, 3.63) is 69.9 Å². The van der Waals surface area contributed by atoms with E-state index in [0.29, 0.717) is 10.0 Å². The predicted molar refractivity (Wildman–Crippen MR) is 102 cm³/mol. The highest BCUT2D eigenvalue weighted by Crippen LogP contribution is 2.15. The van der Waals surface area contributed by atoms with Crippen molar-refractivity contribution >= 4 is 33.7 Å². The first-order valence-corrected chi connectivity index (χ1v) is 9.00. The summed E-state index contributed by atoms with van der Waals surface area (Å²) in [5.41, 5.74) is 5.23. The molecule has 2 aromatic carbocycles. The normalized spacial score (nSPS) is 11.6. The molecule has 27 heavy (non-hydrogen) atoms. The average molecular weight is 436 g/mol. The van der Waals surface area contributed by atoms with Gasteiger partial charge in [-0.2, -0.15) is 0 Å². The molecule has 0 aliphatic rings. The minimum atomic E-state index is -0.887. The molecule has 1 atom stereocenters. The van der Waals surface area contributed by atoms with Gasteiger partial charge >= 0.3 is 0 Å². The van der Waals surface area contributed by atoms with Crippen LogP contribution in [-0.2, 0) is 4.79 Å². The maximum absolute atomic E-state index is 13.0. The summed E-state index contributed by atoms with van der Waals surface area (Å²) in [5, 5.41) is 2.59. The Balaban J connectivity index is 2.00. The Bertz CT molecular complexity index is 840. The van der Waals surface area contributed by atoms with Gasteiger partial charge in [0.15, 0.2) is 0 Å². The molecule has 0 spiro atoms. The van der Waals surface area contributed by atoms with Gasteiger partial charge in [-0.3, -0.25) is 25.2 Å². The van der Waals surface area contributed by atoms with Gasteiger partial charge in [0.2, 0.25) is 0 Å². The molecule has 0 heterocycles. The van der Waals surface area contributed by atoms with Gasteiger partial charge in [0.1, 0.15) is 11.9 Å². The summed E-state index contributed by atoms with van der Waals surface area (Å²) < 4.78 is 13.6. The molecule has 0 radical (unpaired) electrons. The fraction of sp³-hybridized carbons (Fsp3) is 0.211. The zero-order chi connectivity index (χ0) is 20.0. The van der Waals surface area contributed by atoms with E-state index in [1.807, 2.05) is 0 Å². The van der Waals surface area contributed by atoms with Crippen molar-refractivity contribution < 1.29 is 18.8 Å². The monoisotopic (exact) mass is 435 g/mol. The summed E-state index contributed by atoms with van der Waals surface area (Å²) in [6.07, 6.45) is 0. The molecule has 0 aliphatic carbocycles. The molecule has 2 rings (SSSR count). The van der Waals surface area contributed by atoms with E-state index in [9.17, 15) is 18.8 Å². The van der Waals surface area contributed by atoms with Crippen LogP contribution >= 0.6 is 15.9 Å². The van der Waals surface area contributed by atoms with Crippen LogP contribution < -0.4 is 16.2 Å². The van der Waals surface area contributed by atoms with Gasteiger partial charge in [0.05, 0.1) is 5.56 Å². The molecule has 0 saturated heterocycles. The molecule has 0 saturated carbocycles. The fourth-order valence-electron chi connectivity index (χ4n) is 2.27. The van der Waals surface area contributed by atoms with Crippen LogP contribution in [0.5, 0.6) is 0 Å². The van der Waals surface area contributed by atoms with Gasteiger partial charge in [-0.15, -0.1) is 0 Å². The molecule has 3 amide bonds. The molecule has 8 heteroatoms. The van der Waals surface area contributed by atoms with Crippen LogP contribution in [0.25, 0.3) is 0 Å². The van der Waals surface area contributed by atoms with Crippen LogP contribution in [-0.4, -0.2) is 23.8 Å². The van der Waals surface area contributed by atoms with Crippen molar-refractivity contribution in [3.8, 4) is 0 Å². The Kier molecular flexibility index (Phi) is 7.06. The summed E-state index contributed by atoms with van der Waals surface area (Å²) in [4.78, 5) is 36.8. The number of carbonyl (C=O) groups is 3. The van der Waals surface area contributed by atoms with Crippen LogP contribution in [0.3, 0.4) is 0 Å². The van der Waals surface area contributed by atoms with E-state index in [4.69, 9.17) is 0 Å². The smallest absolute Gasteiger partial charge is 0.270 e. The van der Waals surface area contributed by atoms with Crippen LogP contribution in [0.4, 0.5) is 4.39 Å². The first-order chi connectivity index (χ1) is 12.8. The topological polar surface area (TPSA) is 87.3 Å². The van der Waals surface area contributed by atoms with E-state index in [-0.39, 0.29) is 11.5 Å². The van der Waals surface area contributed by atoms with Gasteiger partial charge in [0, 0.05) is 10.0 Å². The van der Waals surface area contributed by atoms with E-state index < -0.39 is 29.6 Å². The van der Waals surface area contributed by atoms with Crippen LogP contribution in [0, 0.1) is 11.7 Å². The quantitative estimate of drug-likeness (QED) is 0.630. The van der Waals surface area contributed by atoms with Crippen molar-refractivity contribution in [2.75, 3.05) is 0 Å². The number of amides is 3. The largest absolute Gasteiger partial charge is 0.340 e. The average Bonchev–Trinajstić information content (AvgIpc) is 2.64. The third-order valence-electron chi connectivity index (χ3n) is 3.76. The zero-order valence-corrected chi connectivity index (χ0v) is 16.3. The number of benzene rings is 2. The fourth-order valence-corrected chi connectivity index (χ4v) is 2.73. The summed E-state index contributed by atoms with van der Waals surface area (Å²) in [5.74, 6) is -2.28. The molecular weight excluding hydrogens is 417 g/mol. The standard InChI is InChI=1S/C19H19BrFN3O3/c1-11(2)16(22-17(25)12-7-9-13(21)10-8-12)19(27)24-23-18(26)14-5-3-4-6-15(14)20/h3-11,16H,1-2H3,(H,22,25)(H,23,26)(H,24,27). The third-order valence-corrected chi connectivity index (χ3v) is 4.45. The highest BCUT2D eigenvalue weighted by atomic mass is 79.9. The van der Waals surface area contributed by atoms with Crippen molar-refractivity contribution in [1.82, 2.24) is 16.2 Å². The highest BCUT2D eigenvalue weighted by molar-refractivity contribution is 9.10. The summed E-state index contributed by atoms with van der Waals surface area (Å²) >= 11 is 3.26. The number of hydrogen-bond acceptors (Lipinski definition) is 3. The lowest BCUT2D eigenvalue weighted by molar-refractivity contribution is -0.124. The molecule has 0 bridgehead atoms. The minimum absolute atomic E-state index is 0.229. The van der Waals surface area contributed by atoms with Crippen LogP contribution in [0.1, 0.15) is 34.6 Å². The van der Waals surface area contributed by atoms with Gasteiger partial charge in [-0.25, -0.2) is 4.39 Å². The van der Waals surface area contributed by atoms with E-state index in [1.54, 1.807) is 38.1 Å². The number of halogens is 2. The highest BCUT2D eigenvalue weighted by Gasteiger charge is 2.25. The molecule has 142 valence electrons. The minimum Gasteiger partial charge on any atom is -0.340 e. The molecule has 2 aromatic rings. The van der Waals surface area contributed by atoms with E-state index >= 15 is 0 Å². The zero-order valence-electron chi connectivity index (χ0n) is 14.8. The molecule has 0 aromatic heterocycles.